The van der Waals surface area contributed by atoms with E-state index in [1.165, 1.54) is 23.9 Å². The summed E-state index contributed by atoms with van der Waals surface area (Å²) in [5.41, 5.74) is 0.796. The zero-order valence-corrected chi connectivity index (χ0v) is 13.7. The van der Waals surface area contributed by atoms with Gasteiger partial charge in [0, 0.05) is 6.07 Å². The van der Waals surface area contributed by atoms with Crippen molar-refractivity contribution < 1.29 is 9.72 Å². The molecule has 0 aliphatic heterocycles. The summed E-state index contributed by atoms with van der Waals surface area (Å²) in [6, 6.07) is 4.72. The molecule has 122 valence electrons. The van der Waals surface area contributed by atoms with E-state index in [1.54, 1.807) is 17.7 Å². The molecule has 2 rings (SSSR count). The van der Waals surface area contributed by atoms with Crippen LogP contribution in [0.3, 0.4) is 0 Å². The lowest BCUT2D eigenvalue weighted by molar-refractivity contribution is -0.384. The largest absolute Gasteiger partial charge is 0.320 e. The monoisotopic (exact) mass is 336 g/mol. The second-order valence-corrected chi connectivity index (χ2v) is 6.06. The fourth-order valence-electron chi connectivity index (χ4n) is 1.82. The average molecular weight is 336 g/mol. The van der Waals surface area contributed by atoms with Crippen molar-refractivity contribution in [1.29, 1.82) is 0 Å². The molecule has 2 aromatic rings. The van der Waals surface area contributed by atoms with Gasteiger partial charge in [0.05, 0.1) is 16.7 Å². The standard InChI is InChI=1S/C13H16N6O3S/c1-8(2)18-13(15-16-17-18)23-7-12(20)14-10-5-4-9(3)6-11(10)19(21)22/h4-6,8H,7H2,1-3H3,(H,14,20). The SMILES string of the molecule is Cc1ccc(NC(=O)CSc2nnnn2C(C)C)c([N+](=O)[O-])c1. The minimum absolute atomic E-state index is 0.0537. The Labute approximate surface area is 136 Å². The third-order valence-electron chi connectivity index (χ3n) is 2.91. The van der Waals surface area contributed by atoms with Crippen molar-refractivity contribution >= 4 is 29.0 Å². The number of aryl methyl sites for hydroxylation is 1. The Hall–Kier alpha value is -2.49. The van der Waals surface area contributed by atoms with E-state index < -0.39 is 4.92 Å². The van der Waals surface area contributed by atoms with Crippen LogP contribution in [0.2, 0.25) is 0 Å². The molecule has 0 bridgehead atoms. The van der Waals surface area contributed by atoms with E-state index in [-0.39, 0.29) is 29.1 Å². The van der Waals surface area contributed by atoms with Crippen molar-refractivity contribution in [2.75, 3.05) is 11.1 Å². The first-order chi connectivity index (χ1) is 10.9. The summed E-state index contributed by atoms with van der Waals surface area (Å²) in [5, 5.41) is 25.4. The van der Waals surface area contributed by atoms with Gasteiger partial charge in [0.1, 0.15) is 5.69 Å². The number of rotatable bonds is 6. The van der Waals surface area contributed by atoms with Gasteiger partial charge in [-0.3, -0.25) is 14.9 Å². The van der Waals surface area contributed by atoms with Crippen molar-refractivity contribution in [1.82, 2.24) is 20.2 Å². The van der Waals surface area contributed by atoms with Crippen LogP contribution in [-0.4, -0.2) is 36.8 Å². The van der Waals surface area contributed by atoms with Crippen LogP contribution in [0.25, 0.3) is 0 Å². The highest BCUT2D eigenvalue weighted by molar-refractivity contribution is 7.99. The fourth-order valence-corrected chi connectivity index (χ4v) is 2.63. The van der Waals surface area contributed by atoms with Crippen LogP contribution in [0.4, 0.5) is 11.4 Å². The van der Waals surface area contributed by atoms with Crippen LogP contribution in [0, 0.1) is 17.0 Å². The highest BCUT2D eigenvalue weighted by Gasteiger charge is 2.17. The molecule has 0 spiro atoms. The van der Waals surface area contributed by atoms with Gasteiger partial charge in [0.25, 0.3) is 5.69 Å². The molecule has 0 aliphatic rings. The van der Waals surface area contributed by atoms with Crippen LogP contribution in [0.15, 0.2) is 23.4 Å². The first-order valence-electron chi connectivity index (χ1n) is 6.84. The van der Waals surface area contributed by atoms with E-state index in [4.69, 9.17) is 0 Å². The smallest absolute Gasteiger partial charge is 0.293 e. The first-order valence-corrected chi connectivity index (χ1v) is 7.82. The summed E-state index contributed by atoms with van der Waals surface area (Å²) in [6.45, 7) is 5.60. The van der Waals surface area contributed by atoms with Crippen LogP contribution < -0.4 is 5.32 Å². The number of aromatic nitrogens is 4. The van der Waals surface area contributed by atoms with Crippen molar-refractivity contribution in [3.05, 3.63) is 33.9 Å². The molecule has 0 unspecified atom stereocenters. The number of carbonyl (C=O) groups excluding carboxylic acids is 1. The Kier molecular flexibility index (Phi) is 5.27. The number of benzene rings is 1. The van der Waals surface area contributed by atoms with Crippen molar-refractivity contribution in [3.63, 3.8) is 0 Å². The number of amides is 1. The van der Waals surface area contributed by atoms with Crippen LogP contribution in [-0.2, 0) is 4.79 Å². The van der Waals surface area contributed by atoms with Gasteiger partial charge < -0.3 is 5.32 Å². The molecular weight excluding hydrogens is 320 g/mol. The number of carbonyl (C=O) groups is 1. The normalized spacial score (nSPS) is 10.8. The van der Waals surface area contributed by atoms with Gasteiger partial charge in [0.15, 0.2) is 0 Å². The maximum absolute atomic E-state index is 12.0. The minimum atomic E-state index is -0.519. The summed E-state index contributed by atoms with van der Waals surface area (Å²) in [4.78, 5) is 22.5. The maximum atomic E-state index is 12.0. The molecule has 1 aromatic heterocycles. The zero-order valence-electron chi connectivity index (χ0n) is 12.9. The van der Waals surface area contributed by atoms with E-state index in [9.17, 15) is 14.9 Å². The Morgan fingerprint density at radius 3 is 2.87 bits per heavy atom. The van der Waals surface area contributed by atoms with E-state index in [1.807, 2.05) is 13.8 Å². The van der Waals surface area contributed by atoms with Crippen molar-refractivity contribution in [2.45, 2.75) is 32.0 Å². The summed E-state index contributed by atoms with van der Waals surface area (Å²) in [5.74, 6) is -0.307. The van der Waals surface area contributed by atoms with E-state index in [0.717, 1.165) is 5.56 Å². The number of nitrogens with zero attached hydrogens (tertiary/aromatic N) is 5. The molecule has 0 saturated carbocycles. The molecule has 0 aliphatic carbocycles. The van der Waals surface area contributed by atoms with Gasteiger partial charge in [-0.25, -0.2) is 4.68 Å². The Morgan fingerprint density at radius 1 is 1.48 bits per heavy atom. The van der Waals surface area contributed by atoms with E-state index in [0.29, 0.717) is 5.16 Å². The third-order valence-corrected chi connectivity index (χ3v) is 3.84. The predicted octanol–water partition coefficient (Wildman–Crippen LogP) is 2.20. The molecule has 1 N–H and O–H groups in total. The van der Waals surface area contributed by atoms with Crippen LogP contribution >= 0.6 is 11.8 Å². The molecule has 1 aromatic carbocycles. The molecule has 10 heteroatoms. The summed E-state index contributed by atoms with van der Waals surface area (Å²) < 4.78 is 1.60. The summed E-state index contributed by atoms with van der Waals surface area (Å²) in [7, 11) is 0. The van der Waals surface area contributed by atoms with Crippen LogP contribution in [0.1, 0.15) is 25.5 Å². The number of tetrazole rings is 1. The Balaban J connectivity index is 2.03. The van der Waals surface area contributed by atoms with Gasteiger partial charge in [-0.05, 0) is 42.8 Å². The number of nitro benzene ring substituents is 1. The number of thioether (sulfide) groups is 1. The van der Waals surface area contributed by atoms with E-state index in [2.05, 4.69) is 20.8 Å². The highest BCUT2D eigenvalue weighted by atomic mass is 32.2. The molecule has 1 heterocycles. The van der Waals surface area contributed by atoms with Gasteiger partial charge in [-0.15, -0.1) is 5.10 Å². The average Bonchev–Trinajstić information content (AvgIpc) is 2.95. The fraction of sp³-hybridized carbons (Fsp3) is 0.385. The summed E-state index contributed by atoms with van der Waals surface area (Å²) >= 11 is 1.17. The molecule has 9 nitrogen and oxygen atoms in total. The third kappa shape index (κ3) is 4.25. The number of nitro groups is 1. The second kappa shape index (κ2) is 7.18. The quantitative estimate of drug-likeness (QED) is 0.488. The topological polar surface area (TPSA) is 116 Å². The lowest BCUT2D eigenvalue weighted by Gasteiger charge is -2.08. The second-order valence-electron chi connectivity index (χ2n) is 5.11. The number of anilines is 1. The Bertz CT molecular complexity index is 730. The highest BCUT2D eigenvalue weighted by Crippen LogP contribution is 2.26. The maximum Gasteiger partial charge on any atom is 0.293 e. The van der Waals surface area contributed by atoms with Gasteiger partial charge in [0.2, 0.25) is 11.1 Å². The lowest BCUT2D eigenvalue weighted by Crippen LogP contribution is -2.16. The summed E-state index contributed by atoms with van der Waals surface area (Å²) in [6.07, 6.45) is 0. The first kappa shape index (κ1) is 16.9. The lowest BCUT2D eigenvalue weighted by atomic mass is 10.2. The molecule has 0 saturated heterocycles. The number of hydrogen-bond donors (Lipinski definition) is 1. The molecular formula is C13H16N6O3S. The van der Waals surface area contributed by atoms with E-state index >= 15 is 0 Å². The molecule has 0 atom stereocenters. The molecule has 0 radical (unpaired) electrons. The van der Waals surface area contributed by atoms with Gasteiger partial charge in [-0.1, -0.05) is 17.8 Å². The van der Waals surface area contributed by atoms with Gasteiger partial charge in [-0.2, -0.15) is 0 Å². The number of nitrogens with one attached hydrogen (secondary N) is 1. The van der Waals surface area contributed by atoms with Gasteiger partial charge >= 0.3 is 0 Å². The zero-order chi connectivity index (χ0) is 17.0. The molecule has 23 heavy (non-hydrogen) atoms. The minimum Gasteiger partial charge on any atom is -0.320 e. The predicted molar refractivity (Wildman–Crippen MR) is 85.4 cm³/mol. The van der Waals surface area contributed by atoms with Crippen molar-refractivity contribution in [2.24, 2.45) is 0 Å². The number of hydrogen-bond acceptors (Lipinski definition) is 7. The van der Waals surface area contributed by atoms with Crippen molar-refractivity contribution in [3.8, 4) is 0 Å². The molecule has 1 amide bonds. The Morgan fingerprint density at radius 2 is 2.22 bits per heavy atom. The molecule has 0 fully saturated rings. The van der Waals surface area contributed by atoms with Crippen LogP contribution in [0.5, 0.6) is 0 Å².